The van der Waals surface area contributed by atoms with E-state index in [0.717, 1.165) is 11.3 Å². The monoisotopic (exact) mass is 360 g/mol. The van der Waals surface area contributed by atoms with Crippen molar-refractivity contribution >= 4 is 23.5 Å². The lowest BCUT2D eigenvalue weighted by atomic mass is 9.86. The Morgan fingerprint density at radius 3 is 2.81 bits per heavy atom. The van der Waals surface area contributed by atoms with Crippen molar-refractivity contribution in [2.45, 2.75) is 31.7 Å². The van der Waals surface area contributed by atoms with Crippen molar-refractivity contribution in [3.63, 3.8) is 0 Å². The van der Waals surface area contributed by atoms with Crippen molar-refractivity contribution in [2.24, 2.45) is 5.92 Å². The summed E-state index contributed by atoms with van der Waals surface area (Å²) < 4.78 is 0. The van der Waals surface area contributed by atoms with Gasteiger partial charge in [0.25, 0.3) is 17.5 Å². The molecule has 0 aromatic heterocycles. The molecule has 1 aliphatic heterocycles. The molecule has 1 saturated carbocycles. The second kappa shape index (κ2) is 6.40. The van der Waals surface area contributed by atoms with Crippen LogP contribution in [0.4, 0.5) is 10.5 Å². The van der Waals surface area contributed by atoms with Crippen molar-refractivity contribution in [1.82, 2.24) is 15.5 Å². The van der Waals surface area contributed by atoms with E-state index in [1.807, 2.05) is 0 Å². The summed E-state index contributed by atoms with van der Waals surface area (Å²) in [4.78, 5) is 48.4. The number of likely N-dealkylation sites (N-methyl/N-ethyl adjacent to an activating group) is 1. The van der Waals surface area contributed by atoms with Gasteiger partial charge in [0.1, 0.15) is 5.54 Å². The Labute approximate surface area is 149 Å². The molecule has 2 N–H and O–H groups in total. The van der Waals surface area contributed by atoms with Gasteiger partial charge in [-0.15, -0.1) is 0 Å². The first-order chi connectivity index (χ1) is 12.3. The Hall–Kier alpha value is -2.97. The van der Waals surface area contributed by atoms with Crippen molar-refractivity contribution < 1.29 is 19.3 Å². The maximum Gasteiger partial charge on any atom is 0.324 e. The zero-order valence-corrected chi connectivity index (χ0v) is 14.6. The molecule has 2 unspecified atom stereocenters. The fourth-order valence-electron chi connectivity index (χ4n) is 3.90. The van der Waals surface area contributed by atoms with Crippen LogP contribution in [-0.2, 0) is 4.79 Å². The minimum atomic E-state index is -0.961. The van der Waals surface area contributed by atoms with Gasteiger partial charge in [-0.25, -0.2) is 4.79 Å². The average molecular weight is 360 g/mol. The van der Waals surface area contributed by atoms with Gasteiger partial charge in [-0.3, -0.25) is 24.6 Å². The number of carbonyl (C=O) groups is 3. The molecule has 9 nitrogen and oxygen atoms in total. The van der Waals surface area contributed by atoms with E-state index in [9.17, 15) is 24.5 Å². The summed E-state index contributed by atoms with van der Waals surface area (Å²) in [5, 5.41) is 16.6. The van der Waals surface area contributed by atoms with Crippen molar-refractivity contribution in [3.8, 4) is 0 Å². The number of hydrogen-bond acceptors (Lipinski definition) is 5. The fourth-order valence-corrected chi connectivity index (χ4v) is 3.90. The zero-order valence-electron chi connectivity index (χ0n) is 14.6. The summed E-state index contributed by atoms with van der Waals surface area (Å²) in [6, 6.07) is 3.91. The molecule has 1 aliphatic carbocycles. The number of nitrogens with one attached hydrogen (secondary N) is 2. The van der Waals surface area contributed by atoms with Gasteiger partial charge >= 0.3 is 6.03 Å². The van der Waals surface area contributed by atoms with Gasteiger partial charge in [-0.1, -0.05) is 12.5 Å². The van der Waals surface area contributed by atoms with E-state index in [4.69, 9.17) is 0 Å². The van der Waals surface area contributed by atoms with Crippen LogP contribution >= 0.6 is 0 Å². The van der Waals surface area contributed by atoms with E-state index in [2.05, 4.69) is 10.6 Å². The fraction of sp³-hybridized carbons (Fsp3) is 0.471. The Kier molecular flexibility index (Phi) is 4.39. The number of nitro benzene ring substituents is 1. The minimum Gasteiger partial charge on any atom is -0.352 e. The standard InChI is InChI=1S/C17H20N4O5/c1-10-12(6-3-7-13(10)21(25)26)14(22)18-9-11-5-4-8-17(11)15(23)20(2)16(24)19-17/h3,6-7,11H,4-5,8-9H2,1-2H3,(H,18,22)(H,19,24). The number of hydrogen-bond donors (Lipinski definition) is 2. The molecule has 1 aromatic carbocycles. The molecule has 2 aliphatic rings. The summed E-state index contributed by atoms with van der Waals surface area (Å²) in [5.41, 5.74) is -0.558. The predicted molar refractivity (Wildman–Crippen MR) is 91.5 cm³/mol. The molecule has 1 saturated heterocycles. The van der Waals surface area contributed by atoms with Gasteiger partial charge in [0.15, 0.2) is 0 Å². The van der Waals surface area contributed by atoms with Crippen LogP contribution in [0.3, 0.4) is 0 Å². The summed E-state index contributed by atoms with van der Waals surface area (Å²) >= 11 is 0. The first-order valence-corrected chi connectivity index (χ1v) is 8.40. The maximum atomic E-state index is 12.5. The molecule has 0 bridgehead atoms. The molecular formula is C17H20N4O5. The first kappa shape index (κ1) is 17.8. The molecule has 2 fully saturated rings. The summed E-state index contributed by atoms with van der Waals surface area (Å²) in [6.07, 6.45) is 2.02. The second-order valence-corrected chi connectivity index (χ2v) is 6.77. The Balaban J connectivity index is 1.74. The highest BCUT2D eigenvalue weighted by Crippen LogP contribution is 2.39. The maximum absolute atomic E-state index is 12.5. The molecular weight excluding hydrogens is 340 g/mol. The number of amides is 4. The normalized spacial score (nSPS) is 24.8. The highest BCUT2D eigenvalue weighted by molar-refractivity contribution is 6.07. The number of carbonyl (C=O) groups excluding carboxylic acids is 3. The average Bonchev–Trinajstić information content (AvgIpc) is 3.10. The van der Waals surface area contributed by atoms with Crippen LogP contribution in [0.2, 0.25) is 0 Å². The van der Waals surface area contributed by atoms with Crippen LogP contribution in [0, 0.1) is 23.0 Å². The van der Waals surface area contributed by atoms with E-state index >= 15 is 0 Å². The number of urea groups is 1. The van der Waals surface area contributed by atoms with E-state index in [-0.39, 0.29) is 29.6 Å². The van der Waals surface area contributed by atoms with Gasteiger partial charge in [0, 0.05) is 36.7 Å². The number of benzene rings is 1. The van der Waals surface area contributed by atoms with Crippen molar-refractivity contribution in [2.75, 3.05) is 13.6 Å². The highest BCUT2D eigenvalue weighted by atomic mass is 16.6. The number of imide groups is 1. The highest BCUT2D eigenvalue weighted by Gasteiger charge is 2.56. The van der Waals surface area contributed by atoms with Gasteiger partial charge < -0.3 is 10.6 Å². The molecule has 1 spiro atoms. The van der Waals surface area contributed by atoms with Crippen LogP contribution in [-0.4, -0.2) is 46.8 Å². The molecule has 9 heteroatoms. The summed E-state index contributed by atoms with van der Waals surface area (Å²) in [5.74, 6) is -0.920. The van der Waals surface area contributed by atoms with Crippen molar-refractivity contribution in [1.29, 1.82) is 0 Å². The van der Waals surface area contributed by atoms with Gasteiger partial charge in [-0.2, -0.15) is 0 Å². The molecule has 138 valence electrons. The lowest BCUT2D eigenvalue weighted by molar-refractivity contribution is -0.385. The molecule has 2 atom stereocenters. The lowest BCUT2D eigenvalue weighted by Gasteiger charge is -2.28. The third kappa shape index (κ3) is 2.69. The van der Waals surface area contributed by atoms with Gasteiger partial charge in [-0.05, 0) is 25.8 Å². The predicted octanol–water partition coefficient (Wildman–Crippen LogP) is 1.35. The van der Waals surface area contributed by atoms with Crippen LogP contribution in [0.15, 0.2) is 18.2 Å². The summed E-state index contributed by atoms with van der Waals surface area (Å²) in [6.45, 7) is 1.74. The van der Waals surface area contributed by atoms with Crippen LogP contribution in [0.1, 0.15) is 35.2 Å². The molecule has 3 rings (SSSR count). The number of nitro groups is 1. The third-order valence-corrected chi connectivity index (χ3v) is 5.40. The lowest BCUT2D eigenvalue weighted by Crippen LogP contribution is -2.53. The first-order valence-electron chi connectivity index (χ1n) is 8.40. The Morgan fingerprint density at radius 2 is 2.19 bits per heavy atom. The Morgan fingerprint density at radius 1 is 1.46 bits per heavy atom. The topological polar surface area (TPSA) is 122 Å². The van der Waals surface area contributed by atoms with E-state index in [0.29, 0.717) is 18.4 Å². The largest absolute Gasteiger partial charge is 0.352 e. The smallest absolute Gasteiger partial charge is 0.324 e. The Bertz CT molecular complexity index is 808. The minimum absolute atomic E-state index is 0.116. The SMILES string of the molecule is Cc1c(C(=O)NCC2CCCC23NC(=O)N(C)C3=O)cccc1[N+](=O)[O-]. The second-order valence-electron chi connectivity index (χ2n) is 6.77. The van der Waals surface area contributed by atoms with Gasteiger partial charge in [0.05, 0.1) is 4.92 Å². The molecule has 1 heterocycles. The zero-order chi connectivity index (χ0) is 19.1. The number of rotatable bonds is 4. The van der Waals surface area contributed by atoms with E-state index in [1.54, 1.807) is 0 Å². The van der Waals surface area contributed by atoms with Crippen LogP contribution < -0.4 is 10.6 Å². The molecule has 1 aromatic rings. The van der Waals surface area contributed by atoms with Crippen LogP contribution in [0.25, 0.3) is 0 Å². The molecule has 26 heavy (non-hydrogen) atoms. The summed E-state index contributed by atoms with van der Waals surface area (Å²) in [7, 11) is 1.44. The van der Waals surface area contributed by atoms with E-state index in [1.165, 1.54) is 32.2 Å². The molecule has 4 amide bonds. The quantitative estimate of drug-likeness (QED) is 0.477. The van der Waals surface area contributed by atoms with Gasteiger partial charge in [0.2, 0.25) is 0 Å². The number of nitrogens with zero attached hydrogens (tertiary/aromatic N) is 2. The third-order valence-electron chi connectivity index (χ3n) is 5.40. The van der Waals surface area contributed by atoms with E-state index < -0.39 is 22.4 Å². The molecule has 0 radical (unpaired) electrons. The van der Waals surface area contributed by atoms with Crippen LogP contribution in [0.5, 0.6) is 0 Å². The van der Waals surface area contributed by atoms with Crippen molar-refractivity contribution in [3.05, 3.63) is 39.4 Å².